The smallest absolute Gasteiger partial charge is 0.399 e. The second-order valence-electron chi connectivity index (χ2n) is 34.9. The van der Waals surface area contributed by atoms with Gasteiger partial charge in [-0.1, -0.05) is 280 Å². The van der Waals surface area contributed by atoms with Gasteiger partial charge >= 0.3 is 7.12 Å². The summed E-state index contributed by atoms with van der Waals surface area (Å²) in [5.74, 6) is 0. The number of fused-ring (bicyclic) bond motifs is 28. The highest BCUT2D eigenvalue weighted by atomic mass is 79.9. The average Bonchev–Trinajstić information content (AvgIpc) is 1.53. The van der Waals surface area contributed by atoms with E-state index in [-0.39, 0.29) is 40.0 Å². The SMILES string of the molecule is Brc1c2ccccc2cc2ccccc12.CC1(C)c2cc(-c3c4ccccc4cc4ccccc34)ccc2-c2cc3c(cc21)-c1cc2c4ccccc4c4ccccc4c2cc1C3(C)C.CC1(C)c2cc(B3OC(C)(C)C(C)(C)O3)ccc2-c2cc3c(cc21)-c1cc2c4ccccc4c4ccccc4c2cc1C3(C)C. The van der Waals surface area contributed by atoms with Gasteiger partial charge in [-0.3, -0.25) is 0 Å². The number of hydrogen-bond donors (Lipinski definition) is 0. The highest BCUT2D eigenvalue weighted by Gasteiger charge is 2.53. The minimum atomic E-state index is -0.366. The van der Waals surface area contributed by atoms with E-state index in [1.807, 2.05) is 0 Å². The standard InChI is InChI=1S/C50H36.C42H39BO2.C14H9Br/c1-49(2)44-24-31(48-32-15-7-5-13-29(32)23-30-14-6-8-16-33(30)48)21-22-38(44)42-27-47-43(28-46(42)49)41-25-39-36-19-11-9-17-34(36)35-18-10-12-20-37(35)40(39)26-45(41)50(47,3)4;1-39(2)35-19-24(43-44-41(5,6)42(7,8)45-43)17-18-29(35)33-22-38-34(23-37(33)39)32-20-30-27-15-11-9-13-25(27)26-14-10-12-16-28(26)31(30)21-36(32)40(38,3)4;15-14-12-7-3-1-5-10(12)9-11-6-2-4-8-13(11)14/h5-28H,1-4H3;9-23H,1-8H3;1-9H. The predicted octanol–water partition coefficient (Wildman–Crippen LogP) is 28.5. The van der Waals surface area contributed by atoms with Gasteiger partial charge in [0.05, 0.1) is 11.2 Å². The molecule has 0 unspecified atom stereocenters. The molecule has 530 valence electrons. The molecule has 5 aliphatic rings. The van der Waals surface area contributed by atoms with Crippen LogP contribution in [0, 0.1) is 0 Å². The Morgan fingerprint density at radius 3 is 0.836 bits per heavy atom. The first kappa shape index (κ1) is 67.2. The zero-order chi connectivity index (χ0) is 75.0. The van der Waals surface area contributed by atoms with E-state index in [9.17, 15) is 0 Å². The summed E-state index contributed by atoms with van der Waals surface area (Å²) in [5.41, 5.74) is 24.7. The van der Waals surface area contributed by atoms with Gasteiger partial charge in [0, 0.05) is 26.1 Å². The topological polar surface area (TPSA) is 18.5 Å². The van der Waals surface area contributed by atoms with Crippen LogP contribution < -0.4 is 5.46 Å². The Labute approximate surface area is 652 Å². The maximum Gasteiger partial charge on any atom is 0.494 e. The molecule has 0 N–H and O–H groups in total. The minimum absolute atomic E-state index is 0.115. The summed E-state index contributed by atoms with van der Waals surface area (Å²) in [7, 11) is -0.366. The molecule has 4 aliphatic carbocycles. The molecule has 0 saturated carbocycles. The summed E-state index contributed by atoms with van der Waals surface area (Å²) >= 11 is 3.68. The van der Waals surface area contributed by atoms with Crippen LogP contribution in [0.4, 0.5) is 0 Å². The Morgan fingerprint density at radius 1 is 0.218 bits per heavy atom. The molecule has 0 bridgehead atoms. The Kier molecular flexibility index (Phi) is 14.4. The van der Waals surface area contributed by atoms with Gasteiger partial charge in [-0.15, -0.1) is 0 Å². The van der Waals surface area contributed by atoms with Crippen molar-refractivity contribution in [1.82, 2.24) is 0 Å². The lowest BCUT2D eigenvalue weighted by Gasteiger charge is -2.32. The lowest BCUT2D eigenvalue weighted by molar-refractivity contribution is 0.00578. The normalized spacial score (nSPS) is 16.4. The molecule has 0 aromatic heterocycles. The first-order chi connectivity index (χ1) is 53.0. The monoisotopic (exact) mass is 1480 g/mol. The minimum Gasteiger partial charge on any atom is -0.399 e. The highest BCUT2D eigenvalue weighted by Crippen LogP contribution is 2.60. The number of halogens is 1. The third-order valence-electron chi connectivity index (χ3n) is 27.0. The lowest BCUT2D eigenvalue weighted by atomic mass is 9.74. The number of benzene rings is 18. The summed E-state index contributed by atoms with van der Waals surface area (Å²) in [5, 5.41) is 26.3. The van der Waals surface area contributed by atoms with Crippen molar-refractivity contribution in [2.45, 2.75) is 116 Å². The van der Waals surface area contributed by atoms with Gasteiger partial charge in [-0.25, -0.2) is 0 Å². The second kappa shape index (κ2) is 23.5. The van der Waals surface area contributed by atoms with Gasteiger partial charge in [0.25, 0.3) is 0 Å². The van der Waals surface area contributed by atoms with Crippen LogP contribution in [0.15, 0.2) is 296 Å². The Bertz CT molecular complexity index is 7000. The van der Waals surface area contributed by atoms with Gasteiger partial charge in [-0.05, 0) is 324 Å². The fourth-order valence-corrected chi connectivity index (χ4v) is 21.0. The summed E-state index contributed by atoms with van der Waals surface area (Å²) in [6, 6.07) is 109. The zero-order valence-electron chi connectivity index (χ0n) is 64.5. The van der Waals surface area contributed by atoms with Gasteiger partial charge < -0.3 is 9.31 Å². The Balaban J connectivity index is 0.000000118. The lowest BCUT2D eigenvalue weighted by Crippen LogP contribution is -2.41. The molecule has 18 aromatic rings. The van der Waals surface area contributed by atoms with Crippen LogP contribution in [0.2, 0.25) is 0 Å². The molecule has 0 spiro atoms. The molecule has 2 nitrogen and oxygen atoms in total. The van der Waals surface area contributed by atoms with Crippen LogP contribution in [0.25, 0.3) is 163 Å². The average molecular weight is 1480 g/mol. The van der Waals surface area contributed by atoms with Gasteiger partial charge in [0.2, 0.25) is 0 Å². The second-order valence-corrected chi connectivity index (χ2v) is 35.7. The van der Waals surface area contributed by atoms with Crippen LogP contribution in [-0.2, 0) is 31.0 Å². The Hall–Kier alpha value is -11.0. The molecule has 0 amide bonds. The fraction of sp³-hybridized carbons (Fsp3) is 0.170. The zero-order valence-corrected chi connectivity index (χ0v) is 66.1. The molecule has 4 heteroatoms. The van der Waals surface area contributed by atoms with Crippen molar-refractivity contribution in [2.24, 2.45) is 0 Å². The third-order valence-corrected chi connectivity index (χ3v) is 27.8. The van der Waals surface area contributed by atoms with Crippen molar-refractivity contribution in [3.05, 3.63) is 340 Å². The van der Waals surface area contributed by atoms with Gasteiger partial charge in [-0.2, -0.15) is 0 Å². The van der Waals surface area contributed by atoms with E-state index in [4.69, 9.17) is 9.31 Å². The third kappa shape index (κ3) is 9.55. The highest BCUT2D eigenvalue weighted by molar-refractivity contribution is 9.10. The van der Waals surface area contributed by atoms with E-state index >= 15 is 0 Å². The quantitative estimate of drug-likeness (QED) is 0.0976. The van der Waals surface area contributed by atoms with Crippen LogP contribution >= 0.6 is 15.9 Å². The van der Waals surface area contributed by atoms with Crippen molar-refractivity contribution in [3.8, 4) is 55.6 Å². The van der Waals surface area contributed by atoms with Crippen molar-refractivity contribution in [3.63, 3.8) is 0 Å². The van der Waals surface area contributed by atoms with Crippen molar-refractivity contribution in [2.75, 3.05) is 0 Å². The molecule has 0 atom stereocenters. The van der Waals surface area contributed by atoms with Crippen molar-refractivity contribution < 1.29 is 9.31 Å². The summed E-state index contributed by atoms with van der Waals surface area (Å²) in [4.78, 5) is 0. The van der Waals surface area contributed by atoms with Crippen LogP contribution in [0.3, 0.4) is 0 Å². The maximum atomic E-state index is 6.46. The molecule has 1 heterocycles. The van der Waals surface area contributed by atoms with Crippen LogP contribution in [0.1, 0.15) is 128 Å². The number of rotatable bonds is 2. The predicted molar refractivity (Wildman–Crippen MR) is 473 cm³/mol. The fourth-order valence-electron chi connectivity index (χ4n) is 20.3. The summed E-state index contributed by atoms with van der Waals surface area (Å²) in [6.07, 6.45) is 0. The van der Waals surface area contributed by atoms with Gasteiger partial charge in [0.1, 0.15) is 0 Å². The Morgan fingerprint density at radius 2 is 0.473 bits per heavy atom. The van der Waals surface area contributed by atoms with Crippen molar-refractivity contribution >= 4 is 136 Å². The first-order valence-corrected chi connectivity index (χ1v) is 40.0. The van der Waals surface area contributed by atoms with Gasteiger partial charge in [0.15, 0.2) is 0 Å². The molecule has 1 aliphatic heterocycles. The van der Waals surface area contributed by atoms with E-state index in [0.29, 0.717) is 0 Å². The van der Waals surface area contributed by atoms with E-state index in [0.717, 1.165) is 5.46 Å². The van der Waals surface area contributed by atoms with Crippen LogP contribution in [-0.4, -0.2) is 18.3 Å². The van der Waals surface area contributed by atoms with E-state index in [1.54, 1.807) is 0 Å². The number of hydrogen-bond acceptors (Lipinski definition) is 2. The van der Waals surface area contributed by atoms with E-state index < -0.39 is 0 Å². The van der Waals surface area contributed by atoms with E-state index in [1.165, 1.54) is 212 Å². The molecule has 110 heavy (non-hydrogen) atoms. The summed E-state index contributed by atoms with van der Waals surface area (Å²) < 4.78 is 14.1. The molecule has 1 fully saturated rings. The molecule has 0 radical (unpaired) electrons. The largest absolute Gasteiger partial charge is 0.494 e. The molecular formula is C106H84BBrO2. The molecule has 23 rings (SSSR count). The molecule has 1 saturated heterocycles. The molecular weight excluding hydrogens is 1400 g/mol. The maximum absolute atomic E-state index is 6.46. The van der Waals surface area contributed by atoms with Crippen LogP contribution in [0.5, 0.6) is 0 Å². The van der Waals surface area contributed by atoms with Crippen molar-refractivity contribution in [1.29, 1.82) is 0 Å². The first-order valence-electron chi connectivity index (χ1n) is 39.2. The summed E-state index contributed by atoms with van der Waals surface area (Å²) in [6.45, 7) is 27.7. The van der Waals surface area contributed by atoms with E-state index in [2.05, 4.69) is 390 Å². The molecule has 18 aromatic carbocycles.